The van der Waals surface area contributed by atoms with E-state index in [9.17, 15) is 9.59 Å². The first-order valence-electron chi connectivity index (χ1n) is 9.21. The van der Waals surface area contributed by atoms with E-state index in [2.05, 4.69) is 0 Å². The van der Waals surface area contributed by atoms with Crippen molar-refractivity contribution in [1.29, 1.82) is 0 Å². The molecule has 1 aromatic carbocycles. The van der Waals surface area contributed by atoms with Crippen LogP contribution in [0.15, 0.2) is 65.3 Å². The third-order valence-corrected chi connectivity index (χ3v) is 5.30. The predicted octanol–water partition coefficient (Wildman–Crippen LogP) is 4.55. The van der Waals surface area contributed by atoms with Crippen LogP contribution < -0.4 is 4.90 Å². The van der Waals surface area contributed by atoms with E-state index in [1.54, 1.807) is 31.1 Å². The van der Waals surface area contributed by atoms with Gasteiger partial charge >= 0.3 is 11.9 Å². The first-order valence-corrected chi connectivity index (χ1v) is 10.1. The minimum absolute atomic E-state index is 0.260. The van der Waals surface area contributed by atoms with Crippen molar-refractivity contribution in [2.45, 2.75) is 26.7 Å². The van der Waals surface area contributed by atoms with Gasteiger partial charge in [-0.05, 0) is 44.4 Å². The molecule has 146 valence electrons. The second-order valence-corrected chi connectivity index (χ2v) is 7.28. The van der Waals surface area contributed by atoms with Crippen LogP contribution in [0, 0.1) is 6.92 Å². The molecule has 3 rings (SSSR count). The average Bonchev–Trinajstić information content (AvgIpc) is 3.22. The Bertz CT molecular complexity index is 861. The van der Waals surface area contributed by atoms with Gasteiger partial charge in [0, 0.05) is 23.0 Å². The molecule has 0 atom stereocenters. The number of nitrogens with zero attached hydrogens (tertiary/aromatic N) is 1. The van der Waals surface area contributed by atoms with E-state index in [1.807, 2.05) is 48.7 Å². The highest BCUT2D eigenvalue weighted by Gasteiger charge is 2.36. The third-order valence-electron chi connectivity index (χ3n) is 4.36. The maximum atomic E-state index is 12.8. The molecule has 5 nitrogen and oxygen atoms in total. The van der Waals surface area contributed by atoms with Gasteiger partial charge in [0.15, 0.2) is 0 Å². The highest BCUT2D eigenvalue weighted by molar-refractivity contribution is 7.10. The molecule has 0 bridgehead atoms. The van der Waals surface area contributed by atoms with Gasteiger partial charge in [-0.3, -0.25) is 0 Å². The van der Waals surface area contributed by atoms with Crippen LogP contribution >= 0.6 is 11.3 Å². The van der Waals surface area contributed by atoms with Crippen molar-refractivity contribution < 1.29 is 19.1 Å². The Morgan fingerprint density at radius 3 is 2.00 bits per heavy atom. The molecular formula is C22H23NO4S. The summed E-state index contributed by atoms with van der Waals surface area (Å²) >= 11 is 1.49. The van der Waals surface area contributed by atoms with E-state index in [-0.39, 0.29) is 13.2 Å². The van der Waals surface area contributed by atoms with Gasteiger partial charge in [-0.1, -0.05) is 23.8 Å². The quantitative estimate of drug-likeness (QED) is 0.669. The van der Waals surface area contributed by atoms with Crippen LogP contribution in [0.5, 0.6) is 0 Å². The summed E-state index contributed by atoms with van der Waals surface area (Å²) in [4.78, 5) is 28.2. The largest absolute Gasteiger partial charge is 0.463 e. The molecule has 1 aliphatic heterocycles. The summed E-state index contributed by atoms with van der Waals surface area (Å²) in [5.74, 6) is -1.39. The van der Waals surface area contributed by atoms with Crippen molar-refractivity contribution in [3.05, 3.63) is 75.8 Å². The molecule has 0 radical (unpaired) electrons. The van der Waals surface area contributed by atoms with E-state index in [0.29, 0.717) is 11.1 Å². The summed E-state index contributed by atoms with van der Waals surface area (Å²) in [7, 11) is 0. The third kappa shape index (κ3) is 4.17. The fraction of sp³-hybridized carbons (Fsp3) is 0.273. The van der Waals surface area contributed by atoms with Crippen molar-refractivity contribution in [3.8, 4) is 0 Å². The van der Waals surface area contributed by atoms with Gasteiger partial charge in [0.25, 0.3) is 0 Å². The molecule has 2 aromatic rings. The Morgan fingerprint density at radius 2 is 1.54 bits per heavy atom. The highest BCUT2D eigenvalue weighted by atomic mass is 32.1. The lowest BCUT2D eigenvalue weighted by atomic mass is 9.87. The van der Waals surface area contributed by atoms with Gasteiger partial charge in [0.1, 0.15) is 0 Å². The number of benzene rings is 1. The molecule has 6 heteroatoms. The summed E-state index contributed by atoms with van der Waals surface area (Å²) < 4.78 is 10.6. The Balaban J connectivity index is 2.12. The molecule has 0 spiro atoms. The molecule has 28 heavy (non-hydrogen) atoms. The number of ether oxygens (including phenoxy) is 2. The van der Waals surface area contributed by atoms with Crippen LogP contribution in [0.1, 0.15) is 30.2 Å². The normalized spacial score (nSPS) is 14.3. The summed E-state index contributed by atoms with van der Waals surface area (Å²) in [6.07, 6.45) is 3.49. The lowest BCUT2D eigenvalue weighted by Crippen LogP contribution is -2.29. The van der Waals surface area contributed by atoms with E-state index < -0.39 is 17.9 Å². The number of thiophene rings is 1. The van der Waals surface area contributed by atoms with Gasteiger partial charge in [-0.2, -0.15) is 0 Å². The van der Waals surface area contributed by atoms with Gasteiger partial charge in [0.2, 0.25) is 0 Å². The van der Waals surface area contributed by atoms with Crippen molar-refractivity contribution in [1.82, 2.24) is 0 Å². The molecule has 0 aliphatic carbocycles. The molecule has 0 saturated carbocycles. The lowest BCUT2D eigenvalue weighted by molar-refractivity contribution is -0.139. The van der Waals surface area contributed by atoms with E-state index >= 15 is 0 Å². The van der Waals surface area contributed by atoms with E-state index in [1.165, 1.54) is 11.3 Å². The van der Waals surface area contributed by atoms with E-state index in [4.69, 9.17) is 9.47 Å². The number of anilines is 1. The summed E-state index contributed by atoms with van der Waals surface area (Å²) in [5, 5.41) is 1.92. The molecule has 0 unspecified atom stereocenters. The molecule has 1 aliphatic rings. The van der Waals surface area contributed by atoms with Crippen molar-refractivity contribution >= 4 is 29.0 Å². The van der Waals surface area contributed by atoms with Crippen LogP contribution in [0.2, 0.25) is 0 Å². The summed E-state index contributed by atoms with van der Waals surface area (Å²) in [6, 6.07) is 11.7. The summed E-state index contributed by atoms with van der Waals surface area (Å²) in [6.45, 7) is 6.06. The Hall–Kier alpha value is -2.86. The summed E-state index contributed by atoms with van der Waals surface area (Å²) in [5.41, 5.74) is 2.80. The van der Waals surface area contributed by atoms with Crippen LogP contribution in [0.25, 0.3) is 0 Å². The maximum Gasteiger partial charge on any atom is 0.336 e. The zero-order valence-electron chi connectivity index (χ0n) is 16.2. The van der Waals surface area contributed by atoms with Gasteiger partial charge in [-0.25, -0.2) is 9.59 Å². The molecule has 0 amide bonds. The average molecular weight is 397 g/mol. The molecule has 0 saturated heterocycles. The van der Waals surface area contributed by atoms with Crippen LogP contribution in [-0.4, -0.2) is 25.2 Å². The predicted molar refractivity (Wildman–Crippen MR) is 110 cm³/mol. The van der Waals surface area contributed by atoms with Gasteiger partial charge in [0.05, 0.1) is 30.3 Å². The number of carbonyl (C=O) groups is 2. The first kappa shape index (κ1) is 19.9. The smallest absolute Gasteiger partial charge is 0.336 e. The van der Waals surface area contributed by atoms with Gasteiger partial charge in [-0.15, -0.1) is 11.3 Å². The number of aryl methyl sites for hydroxylation is 1. The molecule has 2 heterocycles. The zero-order chi connectivity index (χ0) is 20.1. The number of rotatable bonds is 6. The van der Waals surface area contributed by atoms with Crippen LogP contribution in [0.3, 0.4) is 0 Å². The topological polar surface area (TPSA) is 55.8 Å². The fourth-order valence-corrected chi connectivity index (χ4v) is 3.91. The van der Waals surface area contributed by atoms with Crippen LogP contribution in [-0.2, 0) is 19.1 Å². The van der Waals surface area contributed by atoms with Crippen molar-refractivity contribution in [2.24, 2.45) is 0 Å². The SMILES string of the molecule is CCOC(=O)C1=CN(c2ccc(C)cc2)C=C(C(=O)OCC)C1c1cccs1. The van der Waals surface area contributed by atoms with Crippen molar-refractivity contribution in [2.75, 3.05) is 18.1 Å². The highest BCUT2D eigenvalue weighted by Crippen LogP contribution is 2.40. The maximum absolute atomic E-state index is 12.8. The second-order valence-electron chi connectivity index (χ2n) is 6.30. The monoisotopic (exact) mass is 397 g/mol. The number of hydrogen-bond donors (Lipinski definition) is 0. The molecule has 0 fully saturated rings. The van der Waals surface area contributed by atoms with E-state index in [0.717, 1.165) is 16.1 Å². The molecule has 1 aromatic heterocycles. The number of hydrogen-bond acceptors (Lipinski definition) is 6. The number of esters is 2. The standard InChI is InChI=1S/C22H23NO4S/c1-4-26-21(24)17-13-23(16-10-8-15(3)9-11-16)14-18(22(25)27-5-2)20(17)19-7-6-12-28-19/h6-14,20H,4-5H2,1-3H3. The molecular weight excluding hydrogens is 374 g/mol. The first-order chi connectivity index (χ1) is 13.5. The second kappa shape index (κ2) is 8.89. The van der Waals surface area contributed by atoms with Crippen LogP contribution in [0.4, 0.5) is 5.69 Å². The molecule has 0 N–H and O–H groups in total. The Labute approximate surface area is 168 Å². The Morgan fingerprint density at radius 1 is 0.964 bits per heavy atom. The minimum Gasteiger partial charge on any atom is -0.463 e. The fourth-order valence-electron chi connectivity index (χ4n) is 3.05. The minimum atomic E-state index is -0.514. The Kier molecular flexibility index (Phi) is 6.31. The zero-order valence-corrected chi connectivity index (χ0v) is 17.0. The van der Waals surface area contributed by atoms with Crippen molar-refractivity contribution in [3.63, 3.8) is 0 Å². The lowest BCUT2D eigenvalue weighted by Gasteiger charge is -2.29. The van der Waals surface area contributed by atoms with Gasteiger partial charge < -0.3 is 14.4 Å². The number of carbonyl (C=O) groups excluding carboxylic acids is 2.